The molecular weight excluding hydrogens is 567 g/mol. The number of aromatic nitrogens is 2. The number of hydrogen-bond donors (Lipinski definition) is 1. The Labute approximate surface area is 254 Å². The molecule has 1 aliphatic heterocycles. The Balaban J connectivity index is 1.13. The predicted octanol–water partition coefficient (Wildman–Crippen LogP) is 5.61. The minimum atomic E-state index is -0.499. The van der Waals surface area contributed by atoms with Crippen molar-refractivity contribution in [2.45, 2.75) is 58.2 Å². The van der Waals surface area contributed by atoms with E-state index in [1.165, 1.54) is 17.4 Å². The number of halogens is 1. The number of hydrogen-bond acceptors (Lipinski definition) is 8. The number of ketones is 1. The summed E-state index contributed by atoms with van der Waals surface area (Å²) in [5.41, 5.74) is 3.28. The summed E-state index contributed by atoms with van der Waals surface area (Å²) < 4.78 is 21.8. The van der Waals surface area contributed by atoms with Crippen molar-refractivity contribution in [1.29, 1.82) is 0 Å². The number of carbonyl (C=O) groups excluding carboxylic acids is 2. The molecule has 2 aliphatic rings. The van der Waals surface area contributed by atoms with E-state index in [9.17, 15) is 19.1 Å². The van der Waals surface area contributed by atoms with Gasteiger partial charge in [0.05, 0.1) is 20.8 Å². The zero-order valence-corrected chi connectivity index (χ0v) is 25.1. The Morgan fingerprint density at radius 3 is 2.47 bits per heavy atom. The Kier molecular flexibility index (Phi) is 8.52. The van der Waals surface area contributed by atoms with Crippen LogP contribution in [0, 0.1) is 11.7 Å². The summed E-state index contributed by atoms with van der Waals surface area (Å²) in [6.45, 7) is 5.72. The zero-order valence-electron chi connectivity index (χ0n) is 24.3. The maximum Gasteiger partial charge on any atom is 0.248 e. The van der Waals surface area contributed by atoms with Crippen LogP contribution < -0.4 is 4.74 Å². The molecular formula is C33H35FN4O4S. The van der Waals surface area contributed by atoms with Gasteiger partial charge in [0.25, 0.3) is 0 Å². The largest absolute Gasteiger partial charge is 0.453 e. The van der Waals surface area contributed by atoms with E-state index in [-0.39, 0.29) is 35.9 Å². The fourth-order valence-electron chi connectivity index (χ4n) is 5.98. The molecule has 2 fully saturated rings. The van der Waals surface area contributed by atoms with Crippen LogP contribution in [0.25, 0.3) is 20.8 Å². The summed E-state index contributed by atoms with van der Waals surface area (Å²) in [6, 6.07) is 12.5. The molecule has 8 nitrogen and oxygen atoms in total. The Bertz CT molecular complexity index is 1630. The molecule has 6 rings (SSSR count). The number of aliphatic hydroxyl groups excluding tert-OH is 1. The van der Waals surface area contributed by atoms with Gasteiger partial charge in [0, 0.05) is 63.0 Å². The molecule has 1 amide bonds. The van der Waals surface area contributed by atoms with Gasteiger partial charge < -0.3 is 14.7 Å². The van der Waals surface area contributed by atoms with E-state index >= 15 is 0 Å². The van der Waals surface area contributed by atoms with Gasteiger partial charge in [-0.25, -0.2) is 4.39 Å². The molecule has 43 heavy (non-hydrogen) atoms. The SMILES string of the molecule is C[C@@H]1CN(Cc2ccc(-c3cc4nccc(Oc5ccc(CC(=O)CC6CC6)cc5F)c4s3)nc2)C[C@H](C)N1C(=O)CO. The average Bonchev–Trinajstić information content (AvgIpc) is 3.67. The molecule has 1 N–H and O–H groups in total. The molecule has 4 heterocycles. The standard InChI is InChI=1S/C33H35FN4O4S/c1-20-16-37(17-21(2)38(20)32(41)19-39)18-24-5-7-27(36-15-24)31-14-28-33(43-31)30(9-10-35-28)42-29-8-6-23(13-26(29)34)12-25(40)11-22-3-4-22/h5-10,13-15,20-22,39H,3-4,11-12,16-19H2,1-2H3/t20-,21+. The third-order valence-corrected chi connectivity index (χ3v) is 9.27. The number of carbonyl (C=O) groups is 2. The van der Waals surface area contributed by atoms with Gasteiger partial charge in [-0.3, -0.25) is 24.5 Å². The highest BCUT2D eigenvalue weighted by atomic mass is 32.1. The monoisotopic (exact) mass is 602 g/mol. The molecule has 1 saturated carbocycles. The highest BCUT2D eigenvalue weighted by Crippen LogP contribution is 2.39. The molecule has 0 radical (unpaired) electrons. The molecule has 0 unspecified atom stereocenters. The van der Waals surface area contributed by atoms with Crippen molar-refractivity contribution in [3.05, 3.63) is 71.8 Å². The maximum absolute atomic E-state index is 15.0. The number of benzene rings is 1. The summed E-state index contributed by atoms with van der Waals surface area (Å²) in [5, 5.41) is 9.29. The lowest BCUT2D eigenvalue weighted by atomic mass is 10.0. The van der Waals surface area contributed by atoms with Crippen molar-refractivity contribution in [2.24, 2.45) is 5.92 Å². The molecule has 10 heteroatoms. The maximum atomic E-state index is 15.0. The van der Waals surface area contributed by atoms with Gasteiger partial charge in [-0.05, 0) is 68.0 Å². The number of Topliss-reactive ketones (excluding diaryl/α,β-unsaturated/α-hetero) is 1. The van der Waals surface area contributed by atoms with Crippen molar-refractivity contribution in [3.8, 4) is 22.1 Å². The normalized spacial score (nSPS) is 19.1. The fourth-order valence-corrected chi connectivity index (χ4v) is 7.02. The first-order valence-electron chi connectivity index (χ1n) is 14.7. The van der Waals surface area contributed by atoms with Gasteiger partial charge in [0.1, 0.15) is 18.1 Å². The lowest BCUT2D eigenvalue weighted by Gasteiger charge is -2.44. The second kappa shape index (κ2) is 12.5. The first-order valence-corrected chi connectivity index (χ1v) is 15.5. The van der Waals surface area contributed by atoms with Gasteiger partial charge in [0.15, 0.2) is 11.6 Å². The molecule has 2 atom stereocenters. The zero-order chi connectivity index (χ0) is 30.1. The van der Waals surface area contributed by atoms with E-state index in [4.69, 9.17) is 9.72 Å². The third-order valence-electron chi connectivity index (χ3n) is 8.11. The molecule has 0 bridgehead atoms. The third kappa shape index (κ3) is 6.76. The smallest absolute Gasteiger partial charge is 0.248 e. The van der Waals surface area contributed by atoms with Crippen LogP contribution in [0.15, 0.2) is 54.9 Å². The summed E-state index contributed by atoms with van der Waals surface area (Å²) in [6.07, 6.45) is 6.58. The van der Waals surface area contributed by atoms with Gasteiger partial charge in [-0.2, -0.15) is 0 Å². The Hall–Kier alpha value is -3.73. The van der Waals surface area contributed by atoms with Gasteiger partial charge in [-0.1, -0.05) is 12.1 Å². The number of aliphatic hydroxyl groups is 1. The van der Waals surface area contributed by atoms with E-state index in [2.05, 4.69) is 16.0 Å². The number of pyridine rings is 2. The second-order valence-corrected chi connectivity index (χ2v) is 12.8. The topological polar surface area (TPSA) is 95.9 Å². The van der Waals surface area contributed by atoms with Crippen LogP contribution in [-0.4, -0.2) is 68.3 Å². The molecule has 0 spiro atoms. The molecule has 1 saturated heterocycles. The number of fused-ring (bicyclic) bond motifs is 1. The van der Waals surface area contributed by atoms with E-state index in [0.29, 0.717) is 30.2 Å². The number of ether oxygens (including phenoxy) is 1. The van der Waals surface area contributed by atoms with E-state index in [1.54, 1.807) is 29.3 Å². The number of nitrogens with zero attached hydrogens (tertiary/aromatic N) is 4. The average molecular weight is 603 g/mol. The van der Waals surface area contributed by atoms with Crippen LogP contribution in [0.4, 0.5) is 4.39 Å². The summed E-state index contributed by atoms with van der Waals surface area (Å²) in [4.78, 5) is 38.5. The van der Waals surface area contributed by atoms with Gasteiger partial charge in [-0.15, -0.1) is 11.3 Å². The van der Waals surface area contributed by atoms with Gasteiger partial charge in [0.2, 0.25) is 5.91 Å². The first-order chi connectivity index (χ1) is 20.8. The van der Waals surface area contributed by atoms with Gasteiger partial charge >= 0.3 is 0 Å². The highest BCUT2D eigenvalue weighted by molar-refractivity contribution is 7.22. The van der Waals surface area contributed by atoms with Crippen molar-refractivity contribution in [3.63, 3.8) is 0 Å². The number of rotatable bonds is 10. The van der Waals surface area contributed by atoms with Crippen LogP contribution in [0.2, 0.25) is 0 Å². The quantitative estimate of drug-likeness (QED) is 0.252. The van der Waals surface area contributed by atoms with E-state index in [0.717, 1.165) is 52.3 Å². The Morgan fingerprint density at radius 1 is 1.02 bits per heavy atom. The van der Waals surface area contributed by atoms with Crippen LogP contribution in [0.5, 0.6) is 11.5 Å². The molecule has 4 aromatic rings. The van der Waals surface area contributed by atoms with Crippen molar-refractivity contribution >= 4 is 33.2 Å². The van der Waals surface area contributed by atoms with Crippen molar-refractivity contribution in [1.82, 2.24) is 19.8 Å². The van der Waals surface area contributed by atoms with Crippen LogP contribution >= 0.6 is 11.3 Å². The lowest BCUT2D eigenvalue weighted by Crippen LogP contribution is -2.58. The number of amides is 1. The van der Waals surface area contributed by atoms with Crippen LogP contribution in [0.3, 0.4) is 0 Å². The lowest BCUT2D eigenvalue weighted by molar-refractivity contribution is -0.142. The second-order valence-electron chi connectivity index (χ2n) is 11.8. The Morgan fingerprint density at radius 2 is 1.79 bits per heavy atom. The summed E-state index contributed by atoms with van der Waals surface area (Å²) >= 11 is 1.49. The minimum Gasteiger partial charge on any atom is -0.453 e. The number of thiophene rings is 1. The molecule has 224 valence electrons. The highest BCUT2D eigenvalue weighted by Gasteiger charge is 2.32. The molecule has 1 aromatic carbocycles. The van der Waals surface area contributed by atoms with Crippen molar-refractivity contribution < 1.29 is 23.8 Å². The van der Waals surface area contributed by atoms with E-state index in [1.807, 2.05) is 32.2 Å². The molecule has 3 aromatic heterocycles. The van der Waals surface area contributed by atoms with E-state index < -0.39 is 12.4 Å². The van der Waals surface area contributed by atoms with Crippen LogP contribution in [-0.2, 0) is 22.6 Å². The minimum absolute atomic E-state index is 0.0191. The fraction of sp³-hybridized carbons (Fsp3) is 0.394. The predicted molar refractivity (Wildman–Crippen MR) is 164 cm³/mol. The van der Waals surface area contributed by atoms with Crippen molar-refractivity contribution in [2.75, 3.05) is 19.7 Å². The summed E-state index contributed by atoms with van der Waals surface area (Å²) in [7, 11) is 0. The first kappa shape index (κ1) is 29.3. The van der Waals surface area contributed by atoms with Crippen LogP contribution in [0.1, 0.15) is 44.2 Å². The summed E-state index contributed by atoms with van der Waals surface area (Å²) in [5.74, 6) is 0.556. The number of piperazine rings is 1. The molecule has 1 aliphatic carbocycles.